The Balaban J connectivity index is 1.86. The van der Waals surface area contributed by atoms with Crippen LogP contribution in [0.1, 0.15) is 36.7 Å². The van der Waals surface area contributed by atoms with Gasteiger partial charge in [0.05, 0.1) is 5.25 Å². The molecule has 0 saturated carbocycles. The van der Waals surface area contributed by atoms with Crippen LogP contribution in [-0.4, -0.2) is 29.0 Å². The van der Waals surface area contributed by atoms with Crippen LogP contribution < -0.4 is 5.32 Å². The highest BCUT2D eigenvalue weighted by Crippen LogP contribution is 2.38. The summed E-state index contributed by atoms with van der Waals surface area (Å²) in [5.41, 5.74) is 0. The molecule has 0 amide bonds. The summed E-state index contributed by atoms with van der Waals surface area (Å²) < 4.78 is 5.21. The number of thioether (sulfide) groups is 1. The molecule has 1 N–H and O–H groups in total. The van der Waals surface area contributed by atoms with Crippen molar-refractivity contribution >= 4 is 11.8 Å². The van der Waals surface area contributed by atoms with Gasteiger partial charge in [-0.25, -0.2) is 0 Å². The standard InChI is InChI=1S/C10H17N3OS/c1-2-11-6-5-9-12-10(13-14-9)8-4-3-7-15-8/h8,11H,2-7H2,1H3. The first-order valence-electron chi connectivity index (χ1n) is 5.55. The van der Waals surface area contributed by atoms with Gasteiger partial charge >= 0.3 is 0 Å². The van der Waals surface area contributed by atoms with Crippen molar-refractivity contribution in [1.29, 1.82) is 0 Å². The Hall–Kier alpha value is -0.550. The van der Waals surface area contributed by atoms with E-state index in [1.165, 1.54) is 18.6 Å². The van der Waals surface area contributed by atoms with Crippen molar-refractivity contribution in [3.8, 4) is 0 Å². The zero-order valence-electron chi connectivity index (χ0n) is 9.03. The predicted octanol–water partition coefficient (Wildman–Crippen LogP) is 1.79. The molecule has 2 heterocycles. The molecule has 0 bridgehead atoms. The van der Waals surface area contributed by atoms with E-state index in [2.05, 4.69) is 22.4 Å². The van der Waals surface area contributed by atoms with Gasteiger partial charge in [-0.05, 0) is 25.1 Å². The SMILES string of the molecule is CCNCCc1nc(C2CCCS2)no1. The fourth-order valence-corrected chi connectivity index (χ4v) is 2.85. The first kappa shape index (κ1) is 11.0. The molecular weight excluding hydrogens is 210 g/mol. The molecule has 1 aliphatic rings. The van der Waals surface area contributed by atoms with Crippen molar-refractivity contribution in [1.82, 2.24) is 15.5 Å². The van der Waals surface area contributed by atoms with Crippen LogP contribution in [-0.2, 0) is 6.42 Å². The summed E-state index contributed by atoms with van der Waals surface area (Å²) in [6.45, 7) is 3.99. The van der Waals surface area contributed by atoms with Gasteiger partial charge in [0, 0.05) is 13.0 Å². The third kappa shape index (κ3) is 2.95. The number of nitrogens with zero attached hydrogens (tertiary/aromatic N) is 2. The van der Waals surface area contributed by atoms with E-state index in [-0.39, 0.29) is 0 Å². The number of likely N-dealkylation sites (N-methyl/N-ethyl adjacent to an activating group) is 1. The van der Waals surface area contributed by atoms with Gasteiger partial charge in [-0.2, -0.15) is 16.7 Å². The van der Waals surface area contributed by atoms with E-state index in [1.54, 1.807) is 0 Å². The minimum atomic E-state index is 0.474. The average Bonchev–Trinajstić information content (AvgIpc) is 2.87. The molecule has 1 unspecified atom stereocenters. The fraction of sp³-hybridized carbons (Fsp3) is 0.800. The predicted molar refractivity (Wildman–Crippen MR) is 61.0 cm³/mol. The Morgan fingerprint density at radius 2 is 2.53 bits per heavy atom. The van der Waals surface area contributed by atoms with E-state index in [4.69, 9.17) is 4.52 Å². The molecule has 0 radical (unpaired) electrons. The van der Waals surface area contributed by atoms with Crippen LogP contribution in [0, 0.1) is 0 Å². The largest absolute Gasteiger partial charge is 0.339 e. The third-order valence-electron chi connectivity index (χ3n) is 2.47. The van der Waals surface area contributed by atoms with E-state index >= 15 is 0 Å². The van der Waals surface area contributed by atoms with Gasteiger partial charge < -0.3 is 9.84 Å². The third-order valence-corrected chi connectivity index (χ3v) is 3.84. The van der Waals surface area contributed by atoms with Crippen LogP contribution in [0.2, 0.25) is 0 Å². The van der Waals surface area contributed by atoms with Gasteiger partial charge in [0.2, 0.25) is 5.89 Å². The van der Waals surface area contributed by atoms with Crippen molar-refractivity contribution < 1.29 is 4.52 Å². The van der Waals surface area contributed by atoms with Crippen LogP contribution in [0.3, 0.4) is 0 Å². The highest BCUT2D eigenvalue weighted by atomic mass is 32.2. The van der Waals surface area contributed by atoms with Crippen molar-refractivity contribution in [3.63, 3.8) is 0 Å². The fourth-order valence-electron chi connectivity index (χ4n) is 1.65. The second-order valence-electron chi connectivity index (χ2n) is 3.65. The summed E-state index contributed by atoms with van der Waals surface area (Å²) >= 11 is 1.94. The Bertz CT molecular complexity index is 297. The smallest absolute Gasteiger partial charge is 0.227 e. The minimum absolute atomic E-state index is 0.474. The first-order valence-corrected chi connectivity index (χ1v) is 6.60. The number of nitrogens with one attached hydrogen (secondary N) is 1. The van der Waals surface area contributed by atoms with Crippen molar-refractivity contribution in [2.45, 2.75) is 31.4 Å². The zero-order chi connectivity index (χ0) is 10.5. The monoisotopic (exact) mass is 227 g/mol. The number of aromatic nitrogens is 2. The molecule has 1 aromatic rings. The highest BCUT2D eigenvalue weighted by Gasteiger charge is 2.22. The van der Waals surface area contributed by atoms with E-state index in [0.29, 0.717) is 5.25 Å². The molecule has 1 aromatic heterocycles. The molecule has 0 aromatic carbocycles. The Kier molecular flexibility index (Phi) is 4.02. The second kappa shape index (κ2) is 5.51. The number of hydrogen-bond acceptors (Lipinski definition) is 5. The maximum atomic E-state index is 5.21. The summed E-state index contributed by atoms with van der Waals surface area (Å²) in [5.74, 6) is 2.88. The molecular formula is C10H17N3OS. The minimum Gasteiger partial charge on any atom is -0.339 e. The summed E-state index contributed by atoms with van der Waals surface area (Å²) in [5, 5.41) is 7.76. The van der Waals surface area contributed by atoms with E-state index in [0.717, 1.165) is 31.2 Å². The Morgan fingerprint density at radius 1 is 1.60 bits per heavy atom. The molecule has 5 heteroatoms. The second-order valence-corrected chi connectivity index (χ2v) is 4.96. The topological polar surface area (TPSA) is 51.0 Å². The highest BCUT2D eigenvalue weighted by molar-refractivity contribution is 7.99. The normalized spacial score (nSPS) is 21.0. The quantitative estimate of drug-likeness (QED) is 0.777. The summed E-state index contributed by atoms with van der Waals surface area (Å²) in [7, 11) is 0. The van der Waals surface area contributed by atoms with Crippen LogP contribution in [0.5, 0.6) is 0 Å². The number of rotatable bonds is 5. The molecule has 15 heavy (non-hydrogen) atoms. The van der Waals surface area contributed by atoms with Gasteiger partial charge in [-0.3, -0.25) is 0 Å². The van der Waals surface area contributed by atoms with E-state index in [9.17, 15) is 0 Å². The lowest BCUT2D eigenvalue weighted by Gasteiger charge is -1.99. The molecule has 84 valence electrons. The van der Waals surface area contributed by atoms with Crippen molar-refractivity contribution in [2.24, 2.45) is 0 Å². The van der Waals surface area contributed by atoms with Gasteiger partial charge in [0.25, 0.3) is 0 Å². The lowest BCUT2D eigenvalue weighted by Crippen LogP contribution is -2.16. The molecule has 0 aliphatic carbocycles. The van der Waals surface area contributed by atoms with Gasteiger partial charge in [0.1, 0.15) is 0 Å². The summed E-state index contributed by atoms with van der Waals surface area (Å²) in [6, 6.07) is 0. The molecule has 1 aliphatic heterocycles. The van der Waals surface area contributed by atoms with Gasteiger partial charge in [-0.1, -0.05) is 12.1 Å². The van der Waals surface area contributed by atoms with Crippen LogP contribution in [0.4, 0.5) is 0 Å². The molecule has 2 rings (SSSR count). The van der Waals surface area contributed by atoms with E-state index in [1.807, 2.05) is 11.8 Å². The number of hydrogen-bond donors (Lipinski definition) is 1. The maximum absolute atomic E-state index is 5.21. The molecule has 0 spiro atoms. The molecule has 1 saturated heterocycles. The zero-order valence-corrected chi connectivity index (χ0v) is 9.85. The average molecular weight is 227 g/mol. The molecule has 4 nitrogen and oxygen atoms in total. The van der Waals surface area contributed by atoms with Gasteiger partial charge in [0.15, 0.2) is 5.82 Å². The van der Waals surface area contributed by atoms with Crippen LogP contribution >= 0.6 is 11.8 Å². The van der Waals surface area contributed by atoms with Crippen molar-refractivity contribution in [3.05, 3.63) is 11.7 Å². The first-order chi connectivity index (χ1) is 7.40. The molecule has 1 fully saturated rings. The van der Waals surface area contributed by atoms with Gasteiger partial charge in [-0.15, -0.1) is 0 Å². The van der Waals surface area contributed by atoms with Crippen LogP contribution in [0.15, 0.2) is 4.52 Å². The van der Waals surface area contributed by atoms with E-state index < -0.39 is 0 Å². The Labute approximate surface area is 94.2 Å². The maximum Gasteiger partial charge on any atom is 0.227 e. The summed E-state index contributed by atoms with van der Waals surface area (Å²) in [4.78, 5) is 4.43. The molecule has 1 atom stereocenters. The van der Waals surface area contributed by atoms with Crippen molar-refractivity contribution in [2.75, 3.05) is 18.8 Å². The van der Waals surface area contributed by atoms with Crippen LogP contribution in [0.25, 0.3) is 0 Å². The lowest BCUT2D eigenvalue weighted by atomic mass is 10.2. The lowest BCUT2D eigenvalue weighted by molar-refractivity contribution is 0.370. The Morgan fingerprint density at radius 3 is 3.27 bits per heavy atom. The summed E-state index contributed by atoms with van der Waals surface area (Å²) in [6.07, 6.45) is 3.30.